The molecule has 0 aliphatic carbocycles. The van der Waals surface area contributed by atoms with Gasteiger partial charge in [-0.25, -0.2) is 4.68 Å². The van der Waals surface area contributed by atoms with Gasteiger partial charge in [0.1, 0.15) is 5.69 Å². The number of hydrogen-bond donors (Lipinski definition) is 0. The zero-order valence-electron chi connectivity index (χ0n) is 16.5. The zero-order chi connectivity index (χ0) is 22.7. The summed E-state index contributed by atoms with van der Waals surface area (Å²) in [4.78, 5) is 23.8. The molecule has 1 heterocycles. The Balaban J connectivity index is 1.79. The van der Waals surface area contributed by atoms with Gasteiger partial charge in [0, 0.05) is 32.3 Å². The van der Waals surface area contributed by atoms with Crippen LogP contribution >= 0.6 is 31.9 Å². The van der Waals surface area contributed by atoms with Crippen molar-refractivity contribution in [2.75, 3.05) is 0 Å². The molecule has 0 spiro atoms. The molecule has 3 aromatic carbocycles. The number of nitro groups is 1. The Bertz CT molecular complexity index is 1330. The molecule has 0 N–H and O–H groups in total. The minimum absolute atomic E-state index is 0.0533. The fourth-order valence-corrected chi connectivity index (χ4v) is 3.68. The first-order chi connectivity index (χ1) is 15.4. The third kappa shape index (κ3) is 4.76. The van der Waals surface area contributed by atoms with E-state index in [-0.39, 0.29) is 11.5 Å². The van der Waals surface area contributed by atoms with Crippen molar-refractivity contribution in [2.45, 2.75) is 0 Å². The van der Waals surface area contributed by atoms with Crippen molar-refractivity contribution in [3.05, 3.63) is 115 Å². The summed E-state index contributed by atoms with van der Waals surface area (Å²) in [7, 11) is 0. The summed E-state index contributed by atoms with van der Waals surface area (Å²) in [6.45, 7) is 0. The molecule has 32 heavy (non-hydrogen) atoms. The van der Waals surface area contributed by atoms with Crippen LogP contribution in [-0.4, -0.2) is 20.5 Å². The second kappa shape index (κ2) is 9.42. The molecule has 0 bridgehead atoms. The van der Waals surface area contributed by atoms with Crippen LogP contribution in [0.1, 0.15) is 15.9 Å². The van der Waals surface area contributed by atoms with Gasteiger partial charge >= 0.3 is 0 Å². The minimum Gasteiger partial charge on any atom is -0.289 e. The van der Waals surface area contributed by atoms with E-state index >= 15 is 0 Å². The van der Waals surface area contributed by atoms with E-state index in [4.69, 9.17) is 0 Å². The molecule has 0 radical (unpaired) electrons. The Labute approximate surface area is 200 Å². The highest BCUT2D eigenvalue weighted by molar-refractivity contribution is 9.10. The maximum absolute atomic E-state index is 12.6. The van der Waals surface area contributed by atoms with Crippen molar-refractivity contribution in [1.82, 2.24) is 9.78 Å². The van der Waals surface area contributed by atoms with Crippen molar-refractivity contribution < 1.29 is 9.72 Å². The summed E-state index contributed by atoms with van der Waals surface area (Å²) in [6.07, 6.45) is 4.84. The summed E-state index contributed by atoms with van der Waals surface area (Å²) in [6, 6.07) is 21.0. The van der Waals surface area contributed by atoms with Crippen LogP contribution < -0.4 is 0 Å². The Morgan fingerprint density at radius 2 is 1.56 bits per heavy atom. The Morgan fingerprint density at radius 3 is 2.22 bits per heavy atom. The highest BCUT2D eigenvalue weighted by Crippen LogP contribution is 2.32. The molecule has 158 valence electrons. The number of rotatable bonds is 6. The van der Waals surface area contributed by atoms with Crippen molar-refractivity contribution in [3.8, 4) is 16.9 Å². The van der Waals surface area contributed by atoms with E-state index in [0.717, 1.165) is 14.6 Å². The third-order valence-electron chi connectivity index (χ3n) is 4.73. The van der Waals surface area contributed by atoms with Crippen LogP contribution in [0, 0.1) is 10.1 Å². The van der Waals surface area contributed by atoms with Gasteiger partial charge in [-0.3, -0.25) is 14.9 Å². The molecule has 0 saturated carbocycles. The van der Waals surface area contributed by atoms with Gasteiger partial charge in [0.15, 0.2) is 5.78 Å². The van der Waals surface area contributed by atoms with Crippen LogP contribution in [0.4, 0.5) is 5.69 Å². The third-order valence-corrected chi connectivity index (χ3v) is 5.79. The fraction of sp³-hybridized carbons (Fsp3) is 0. The predicted octanol–water partition coefficient (Wildman–Crippen LogP) is 6.87. The fourth-order valence-electron chi connectivity index (χ4n) is 3.15. The molecule has 0 aliphatic heterocycles. The summed E-state index contributed by atoms with van der Waals surface area (Å²) in [5.41, 5.74) is 2.66. The first-order valence-electron chi connectivity index (χ1n) is 9.50. The highest BCUT2D eigenvalue weighted by Gasteiger charge is 2.20. The van der Waals surface area contributed by atoms with Crippen LogP contribution in [-0.2, 0) is 0 Å². The Hall–Kier alpha value is -3.36. The molecule has 0 fully saturated rings. The lowest BCUT2D eigenvalue weighted by Gasteiger charge is -2.02. The Kier molecular flexibility index (Phi) is 6.43. The molecule has 0 unspecified atom stereocenters. The van der Waals surface area contributed by atoms with E-state index < -0.39 is 4.92 Å². The maximum atomic E-state index is 12.6. The molecular weight excluding hydrogens is 538 g/mol. The van der Waals surface area contributed by atoms with Gasteiger partial charge in [-0.15, -0.1) is 0 Å². The number of benzene rings is 3. The Morgan fingerprint density at radius 1 is 0.938 bits per heavy atom. The molecule has 0 amide bonds. The van der Waals surface area contributed by atoms with Crippen LogP contribution in [0.5, 0.6) is 0 Å². The van der Waals surface area contributed by atoms with Crippen LogP contribution in [0.15, 0.2) is 94.0 Å². The summed E-state index contributed by atoms with van der Waals surface area (Å²) >= 11 is 6.77. The average molecular weight is 553 g/mol. The van der Waals surface area contributed by atoms with Crippen LogP contribution in [0.2, 0.25) is 0 Å². The topological polar surface area (TPSA) is 78.0 Å². The van der Waals surface area contributed by atoms with Crippen LogP contribution in [0.3, 0.4) is 0 Å². The molecule has 1 aromatic heterocycles. The molecule has 0 aliphatic rings. The standard InChI is InChI=1S/C24H15Br2N3O3/c25-18-8-5-16(6-9-18)23(30)14-7-17-15-28(20-12-10-19(26)11-13-20)27-24(17)21-3-1-2-4-22(21)29(31)32/h1-15H/b14-7+. The van der Waals surface area contributed by atoms with Crippen molar-refractivity contribution in [2.24, 2.45) is 0 Å². The number of carbonyl (C=O) groups excluding carboxylic acids is 1. The van der Waals surface area contributed by atoms with Gasteiger partial charge in [-0.1, -0.05) is 44.0 Å². The number of carbonyl (C=O) groups is 1. The van der Waals surface area contributed by atoms with E-state index in [1.54, 1.807) is 59.4 Å². The first kappa shape index (κ1) is 21.9. The van der Waals surface area contributed by atoms with Crippen molar-refractivity contribution >= 4 is 49.4 Å². The number of aromatic nitrogens is 2. The lowest BCUT2D eigenvalue weighted by Crippen LogP contribution is -1.96. The second-order valence-corrected chi connectivity index (χ2v) is 8.66. The quantitative estimate of drug-likeness (QED) is 0.113. The van der Waals surface area contributed by atoms with Gasteiger partial charge in [-0.2, -0.15) is 5.10 Å². The summed E-state index contributed by atoms with van der Waals surface area (Å²) in [5, 5.41) is 16.2. The first-order valence-corrected chi connectivity index (χ1v) is 11.1. The van der Waals surface area contributed by atoms with Gasteiger partial charge in [0.25, 0.3) is 5.69 Å². The largest absolute Gasteiger partial charge is 0.289 e. The van der Waals surface area contributed by atoms with Gasteiger partial charge in [0.2, 0.25) is 0 Å². The normalized spacial score (nSPS) is 11.1. The van der Waals surface area contributed by atoms with E-state index in [9.17, 15) is 14.9 Å². The van der Waals surface area contributed by atoms with E-state index in [0.29, 0.717) is 22.4 Å². The number of nitrogens with zero attached hydrogens (tertiary/aromatic N) is 3. The van der Waals surface area contributed by atoms with E-state index in [1.165, 1.54) is 12.1 Å². The highest BCUT2D eigenvalue weighted by atomic mass is 79.9. The number of allylic oxidation sites excluding steroid dienone is 1. The lowest BCUT2D eigenvalue weighted by molar-refractivity contribution is -0.384. The van der Waals surface area contributed by atoms with Gasteiger partial charge in [0.05, 0.1) is 16.2 Å². The lowest BCUT2D eigenvalue weighted by atomic mass is 10.0. The van der Waals surface area contributed by atoms with Crippen molar-refractivity contribution in [1.29, 1.82) is 0 Å². The molecule has 0 atom stereocenters. The number of para-hydroxylation sites is 1. The molecule has 6 nitrogen and oxygen atoms in total. The number of hydrogen-bond acceptors (Lipinski definition) is 4. The smallest absolute Gasteiger partial charge is 0.278 e. The monoisotopic (exact) mass is 551 g/mol. The molecule has 8 heteroatoms. The number of halogens is 2. The molecular formula is C24H15Br2N3O3. The molecule has 0 saturated heterocycles. The van der Waals surface area contributed by atoms with Gasteiger partial charge in [-0.05, 0) is 66.7 Å². The molecule has 4 rings (SSSR count). The van der Waals surface area contributed by atoms with Crippen molar-refractivity contribution in [3.63, 3.8) is 0 Å². The van der Waals surface area contributed by atoms with Gasteiger partial charge < -0.3 is 0 Å². The minimum atomic E-state index is -0.436. The predicted molar refractivity (Wildman–Crippen MR) is 131 cm³/mol. The number of nitro benzene ring substituents is 1. The average Bonchev–Trinajstić information content (AvgIpc) is 3.22. The van der Waals surface area contributed by atoms with Crippen LogP contribution in [0.25, 0.3) is 23.0 Å². The van der Waals surface area contributed by atoms with E-state index in [2.05, 4.69) is 37.0 Å². The summed E-state index contributed by atoms with van der Waals surface area (Å²) < 4.78 is 3.45. The maximum Gasteiger partial charge on any atom is 0.278 e. The SMILES string of the molecule is O=C(/C=C/c1cn(-c2ccc(Br)cc2)nc1-c1ccccc1[N+](=O)[O-])c1ccc(Br)cc1. The molecule has 4 aromatic rings. The summed E-state index contributed by atoms with van der Waals surface area (Å²) in [5.74, 6) is -0.178. The van der Waals surface area contributed by atoms with E-state index in [1.807, 2.05) is 24.3 Å². The number of ketones is 1. The zero-order valence-corrected chi connectivity index (χ0v) is 19.7. The second-order valence-electron chi connectivity index (χ2n) is 6.83.